The predicted octanol–water partition coefficient (Wildman–Crippen LogP) is 2.48. The zero-order chi connectivity index (χ0) is 28.4. The Hall–Kier alpha value is -2.41. The molecule has 1 atom stereocenters. The lowest BCUT2D eigenvalue weighted by Gasteiger charge is -2.35. The van der Waals surface area contributed by atoms with Crippen molar-refractivity contribution in [3.05, 3.63) is 59.1 Å². The van der Waals surface area contributed by atoms with E-state index >= 15 is 0 Å². The van der Waals surface area contributed by atoms with Gasteiger partial charge in [-0.1, -0.05) is 30.3 Å². The van der Waals surface area contributed by atoms with Gasteiger partial charge in [-0.3, -0.25) is 14.6 Å². The fourth-order valence-corrected chi connectivity index (χ4v) is 3.45. The van der Waals surface area contributed by atoms with Crippen molar-refractivity contribution in [1.29, 1.82) is 0 Å². The predicted molar refractivity (Wildman–Crippen MR) is 122 cm³/mol. The number of nitrogens with zero attached hydrogens (tertiary/aromatic N) is 2. The van der Waals surface area contributed by atoms with Crippen molar-refractivity contribution in [2.75, 3.05) is 52.9 Å². The number of methoxy groups -OCH3 is 1. The maximum absolute atomic E-state index is 13.0. The largest absolute Gasteiger partial charge is 0.493 e. The van der Waals surface area contributed by atoms with Crippen molar-refractivity contribution in [3.63, 3.8) is 0 Å². The zero-order valence-corrected chi connectivity index (χ0v) is 18.2. The number of benzene rings is 2. The Morgan fingerprint density at radius 1 is 1.13 bits per heavy atom. The van der Waals surface area contributed by atoms with Crippen LogP contribution in [0.4, 0.5) is 0 Å². The molecule has 0 saturated carbocycles. The minimum Gasteiger partial charge on any atom is -0.493 e. The molecule has 1 fully saturated rings. The molecule has 0 radical (unpaired) electrons. The number of piperazine rings is 1. The van der Waals surface area contributed by atoms with Crippen LogP contribution in [-0.4, -0.2) is 79.7 Å². The molecule has 1 unspecified atom stereocenters. The van der Waals surface area contributed by atoms with E-state index in [-0.39, 0.29) is 49.9 Å². The third-order valence-electron chi connectivity index (χ3n) is 5.20. The molecule has 31 heavy (non-hydrogen) atoms. The summed E-state index contributed by atoms with van der Waals surface area (Å²) in [6.45, 7) is -0.595. The SMILES string of the molecule is [2H]c1c([2H])c(C)c(CC(=O)C([2H])([2H])N2CCN(CC(O)C([2H])([2H])Oc3ccccc3OC)CC2)c(C)c1[2H]. The monoisotopic (exact) mass is 433 g/mol. The second kappa shape index (κ2) is 11.3. The van der Waals surface area contributed by atoms with E-state index in [1.54, 1.807) is 43.0 Å². The van der Waals surface area contributed by atoms with Crippen LogP contribution in [-0.2, 0) is 11.2 Å². The van der Waals surface area contributed by atoms with Gasteiger partial charge in [0.2, 0.25) is 0 Å². The van der Waals surface area contributed by atoms with Crippen molar-refractivity contribution < 1.29 is 29.0 Å². The van der Waals surface area contributed by atoms with Crippen molar-refractivity contribution >= 4 is 5.78 Å². The third-order valence-corrected chi connectivity index (χ3v) is 5.20. The van der Waals surface area contributed by atoms with E-state index in [9.17, 15) is 9.90 Å². The van der Waals surface area contributed by atoms with Crippen LogP contribution in [0.25, 0.3) is 0 Å². The van der Waals surface area contributed by atoms with Crippen molar-refractivity contribution in [2.45, 2.75) is 26.4 Å². The van der Waals surface area contributed by atoms with Crippen LogP contribution in [0.15, 0.2) is 42.4 Å². The van der Waals surface area contributed by atoms with Gasteiger partial charge in [0.25, 0.3) is 0 Å². The maximum Gasteiger partial charge on any atom is 0.161 e. The maximum atomic E-state index is 13.0. The van der Waals surface area contributed by atoms with Crippen LogP contribution in [0.1, 0.15) is 26.3 Å². The number of Topliss-reactive ketones (excluding diaryl/α,β-unsaturated/α-hetero) is 1. The number of para-hydroxylation sites is 2. The fourth-order valence-electron chi connectivity index (χ4n) is 3.45. The molecule has 1 aliphatic rings. The summed E-state index contributed by atoms with van der Waals surface area (Å²) in [4.78, 5) is 16.2. The lowest BCUT2D eigenvalue weighted by molar-refractivity contribution is -0.120. The molecular formula is C25H34N2O4. The van der Waals surface area contributed by atoms with Crippen LogP contribution < -0.4 is 9.47 Å². The number of hydrogen-bond acceptors (Lipinski definition) is 6. The molecule has 6 nitrogen and oxygen atoms in total. The van der Waals surface area contributed by atoms with Gasteiger partial charge in [0, 0.05) is 39.1 Å². The van der Waals surface area contributed by atoms with Gasteiger partial charge in [0.05, 0.1) is 23.2 Å². The van der Waals surface area contributed by atoms with Crippen molar-refractivity contribution in [1.82, 2.24) is 9.80 Å². The highest BCUT2D eigenvalue weighted by Gasteiger charge is 2.21. The number of hydrogen-bond donors (Lipinski definition) is 1. The lowest BCUT2D eigenvalue weighted by atomic mass is 9.98. The van der Waals surface area contributed by atoms with Crippen LogP contribution in [0, 0.1) is 13.8 Å². The van der Waals surface area contributed by atoms with Crippen LogP contribution in [0.3, 0.4) is 0 Å². The number of ketones is 1. The molecule has 0 bridgehead atoms. The second-order valence-electron chi connectivity index (χ2n) is 7.49. The molecule has 1 heterocycles. The minimum absolute atomic E-state index is 0.0522. The first-order chi connectivity index (χ1) is 17.7. The van der Waals surface area contributed by atoms with Gasteiger partial charge in [-0.25, -0.2) is 0 Å². The average Bonchev–Trinajstić information content (AvgIpc) is 2.89. The summed E-state index contributed by atoms with van der Waals surface area (Å²) in [5, 5.41) is 10.6. The van der Waals surface area contributed by atoms with Crippen LogP contribution >= 0.6 is 0 Å². The Morgan fingerprint density at radius 3 is 2.39 bits per heavy atom. The fraction of sp³-hybridized carbons (Fsp3) is 0.480. The van der Waals surface area contributed by atoms with E-state index in [0.717, 1.165) is 0 Å². The molecular weight excluding hydrogens is 392 g/mol. The molecule has 1 aliphatic heterocycles. The van der Waals surface area contributed by atoms with Crippen molar-refractivity contribution in [3.8, 4) is 11.5 Å². The van der Waals surface area contributed by atoms with Gasteiger partial charge < -0.3 is 14.6 Å². The Labute approximate surface area is 195 Å². The Bertz CT molecular complexity index is 1140. The first-order valence-electron chi connectivity index (χ1n) is 13.8. The van der Waals surface area contributed by atoms with Crippen LogP contribution in [0.5, 0.6) is 11.5 Å². The van der Waals surface area contributed by atoms with E-state index in [4.69, 9.17) is 19.1 Å². The standard InChI is InChI=1S/C25H34N2O4/c1-19-7-6-8-20(2)23(19)15-21(28)16-26-11-13-27(14-12-26)17-22(29)18-31-25-10-5-4-9-24(25)30-3/h4-10,22,29H,11-18H2,1-3H3/i6D,7D,8D,16D2,18D2. The summed E-state index contributed by atoms with van der Waals surface area (Å²) >= 11 is 0. The van der Waals surface area contributed by atoms with Crippen molar-refractivity contribution in [2.24, 2.45) is 0 Å². The van der Waals surface area contributed by atoms with Gasteiger partial charge in [0.15, 0.2) is 17.3 Å². The Morgan fingerprint density at radius 2 is 1.74 bits per heavy atom. The highest BCUT2D eigenvalue weighted by Crippen LogP contribution is 2.25. The number of ether oxygens (including phenoxy) is 2. The van der Waals surface area contributed by atoms with E-state index < -0.39 is 24.9 Å². The summed E-state index contributed by atoms with van der Waals surface area (Å²) in [6.07, 6.45) is -1.79. The smallest absolute Gasteiger partial charge is 0.161 e. The van der Waals surface area contributed by atoms with Gasteiger partial charge >= 0.3 is 0 Å². The number of carbonyl (C=O) groups excluding carboxylic acids is 1. The number of β-amino-alcohol motifs (C(OH)–C–C–N with tert-alkyl or cyclic N) is 1. The number of aliphatic hydroxyl groups is 1. The lowest BCUT2D eigenvalue weighted by Crippen LogP contribution is -2.50. The molecule has 2 aromatic rings. The molecule has 6 heteroatoms. The topological polar surface area (TPSA) is 62.2 Å². The van der Waals surface area contributed by atoms with Gasteiger partial charge in [-0.2, -0.15) is 0 Å². The average molecular weight is 434 g/mol. The number of rotatable bonds is 10. The normalized spacial score (nSPS) is 20.3. The molecule has 0 aliphatic carbocycles. The highest BCUT2D eigenvalue weighted by molar-refractivity contribution is 5.83. The third kappa shape index (κ3) is 6.79. The van der Waals surface area contributed by atoms with E-state index in [0.29, 0.717) is 35.5 Å². The number of carbonyl (C=O) groups is 1. The zero-order valence-electron chi connectivity index (χ0n) is 25.2. The first kappa shape index (κ1) is 15.4. The molecule has 0 spiro atoms. The minimum atomic E-state index is -2.41. The summed E-state index contributed by atoms with van der Waals surface area (Å²) in [7, 11) is 1.44. The first-order valence-corrected chi connectivity index (χ1v) is 10.3. The molecule has 3 rings (SSSR count). The molecule has 2 aromatic carbocycles. The molecule has 168 valence electrons. The summed E-state index contributed by atoms with van der Waals surface area (Å²) < 4.78 is 67.9. The Balaban J connectivity index is 1.61. The van der Waals surface area contributed by atoms with E-state index in [2.05, 4.69) is 0 Å². The molecule has 0 aromatic heterocycles. The second-order valence-corrected chi connectivity index (χ2v) is 7.49. The highest BCUT2D eigenvalue weighted by atomic mass is 16.5. The summed E-state index contributed by atoms with van der Waals surface area (Å²) in [5.41, 5.74) is 1.20. The molecule has 1 N–H and O–H groups in total. The summed E-state index contributed by atoms with van der Waals surface area (Å²) in [6, 6.07) is 6.07. The molecule has 0 amide bonds. The quantitative estimate of drug-likeness (QED) is 0.621. The number of aliphatic hydroxyl groups excluding tert-OH is 1. The van der Waals surface area contributed by atoms with E-state index in [1.807, 2.05) is 0 Å². The van der Waals surface area contributed by atoms with Crippen LogP contribution in [0.2, 0.25) is 0 Å². The molecule has 1 saturated heterocycles. The van der Waals surface area contributed by atoms with Gasteiger partial charge in [-0.15, -0.1) is 0 Å². The Kier molecular flexibility index (Phi) is 5.60. The van der Waals surface area contributed by atoms with Gasteiger partial charge in [-0.05, 0) is 42.7 Å². The summed E-state index contributed by atoms with van der Waals surface area (Å²) in [5.74, 6) is -0.202. The van der Waals surface area contributed by atoms with E-state index in [1.165, 1.54) is 12.0 Å². The van der Waals surface area contributed by atoms with Gasteiger partial charge in [0.1, 0.15) is 12.7 Å².